The van der Waals surface area contributed by atoms with Gasteiger partial charge in [0, 0.05) is 13.0 Å². The Morgan fingerprint density at radius 3 is 3.23 bits per heavy atom. The molecule has 0 aliphatic carbocycles. The lowest BCUT2D eigenvalue weighted by atomic mass is 10.3. The summed E-state index contributed by atoms with van der Waals surface area (Å²) in [4.78, 5) is 14.5. The second-order valence-electron chi connectivity index (χ2n) is 2.45. The highest BCUT2D eigenvalue weighted by Gasteiger charge is 1.98. The number of methoxy groups -OCH3 is 1. The van der Waals surface area contributed by atoms with Crippen molar-refractivity contribution >= 4 is 6.09 Å². The van der Waals surface area contributed by atoms with Crippen LogP contribution in [0.1, 0.15) is 12.2 Å². The molecule has 0 aliphatic rings. The highest BCUT2D eigenvalue weighted by molar-refractivity contribution is 5.66. The third kappa shape index (κ3) is 3.55. The Labute approximate surface area is 75.7 Å². The molecule has 0 unspecified atom stereocenters. The topological polar surface area (TPSA) is 79.9 Å². The summed E-state index contributed by atoms with van der Waals surface area (Å²) in [6.07, 6.45) is 2.63. The number of aromatic amines is 1. The molecule has 72 valence electrons. The average Bonchev–Trinajstić information content (AvgIpc) is 2.64. The molecule has 0 fully saturated rings. The van der Waals surface area contributed by atoms with Crippen LogP contribution in [0.15, 0.2) is 6.33 Å². The monoisotopic (exact) mass is 184 g/mol. The van der Waals surface area contributed by atoms with Gasteiger partial charge >= 0.3 is 6.09 Å². The quantitative estimate of drug-likeness (QED) is 0.650. The first-order valence-corrected chi connectivity index (χ1v) is 3.99. The van der Waals surface area contributed by atoms with Crippen molar-refractivity contribution in [3.05, 3.63) is 12.2 Å². The minimum absolute atomic E-state index is 0.405. The Morgan fingerprint density at radius 2 is 2.62 bits per heavy atom. The summed E-state index contributed by atoms with van der Waals surface area (Å²) in [6, 6.07) is 0. The fraction of sp³-hybridized carbons (Fsp3) is 0.571. The van der Waals surface area contributed by atoms with E-state index in [-0.39, 0.29) is 0 Å². The third-order valence-electron chi connectivity index (χ3n) is 1.51. The first-order valence-electron chi connectivity index (χ1n) is 3.99. The Bertz CT molecular complexity index is 247. The van der Waals surface area contributed by atoms with Gasteiger partial charge in [-0.05, 0) is 6.42 Å². The Morgan fingerprint density at radius 1 is 1.77 bits per heavy atom. The zero-order valence-electron chi connectivity index (χ0n) is 7.41. The Hall–Kier alpha value is -1.59. The van der Waals surface area contributed by atoms with Crippen molar-refractivity contribution < 1.29 is 9.53 Å². The minimum Gasteiger partial charge on any atom is -0.453 e. The molecule has 0 aromatic carbocycles. The van der Waals surface area contributed by atoms with Crippen LogP contribution in [-0.2, 0) is 11.2 Å². The molecule has 6 heteroatoms. The van der Waals surface area contributed by atoms with E-state index in [0.29, 0.717) is 6.54 Å². The van der Waals surface area contributed by atoms with E-state index in [4.69, 9.17) is 0 Å². The lowest BCUT2D eigenvalue weighted by Gasteiger charge is -2.01. The van der Waals surface area contributed by atoms with Crippen molar-refractivity contribution in [3.8, 4) is 0 Å². The number of ether oxygens (including phenoxy) is 1. The second kappa shape index (κ2) is 5.13. The summed E-state index contributed by atoms with van der Waals surface area (Å²) in [7, 11) is 1.34. The van der Waals surface area contributed by atoms with E-state index >= 15 is 0 Å². The third-order valence-corrected chi connectivity index (χ3v) is 1.51. The predicted octanol–water partition coefficient (Wildman–Crippen LogP) is 0.0933. The van der Waals surface area contributed by atoms with Crippen molar-refractivity contribution in [2.24, 2.45) is 0 Å². The number of hydrogen-bond donors (Lipinski definition) is 2. The number of H-pyrrole nitrogens is 1. The fourth-order valence-corrected chi connectivity index (χ4v) is 0.870. The van der Waals surface area contributed by atoms with Crippen molar-refractivity contribution in [2.75, 3.05) is 13.7 Å². The molecule has 0 atom stereocenters. The molecule has 0 spiro atoms. The van der Waals surface area contributed by atoms with Crippen LogP contribution in [0.25, 0.3) is 0 Å². The lowest BCUT2D eigenvalue weighted by Crippen LogP contribution is -2.24. The van der Waals surface area contributed by atoms with Gasteiger partial charge in [0.05, 0.1) is 7.11 Å². The van der Waals surface area contributed by atoms with Crippen molar-refractivity contribution in [2.45, 2.75) is 12.8 Å². The molecule has 1 heterocycles. The number of nitrogens with one attached hydrogen (secondary N) is 2. The van der Waals surface area contributed by atoms with Crippen molar-refractivity contribution in [1.82, 2.24) is 20.5 Å². The van der Waals surface area contributed by atoms with Crippen LogP contribution in [0.4, 0.5) is 4.79 Å². The van der Waals surface area contributed by atoms with Gasteiger partial charge in [-0.25, -0.2) is 9.78 Å². The van der Waals surface area contributed by atoms with E-state index in [1.54, 1.807) is 0 Å². The predicted molar refractivity (Wildman–Crippen MR) is 45.1 cm³/mol. The summed E-state index contributed by atoms with van der Waals surface area (Å²) >= 11 is 0. The van der Waals surface area contributed by atoms with E-state index in [2.05, 4.69) is 25.2 Å². The molecule has 0 radical (unpaired) electrons. The summed E-state index contributed by atoms with van der Waals surface area (Å²) in [5.41, 5.74) is 0. The molecular formula is C7H12N4O2. The SMILES string of the molecule is COC(=O)NCCCc1ncn[nH]1. The van der Waals surface area contributed by atoms with Gasteiger partial charge in [-0.1, -0.05) is 0 Å². The van der Waals surface area contributed by atoms with Gasteiger partial charge in [-0.2, -0.15) is 5.10 Å². The smallest absolute Gasteiger partial charge is 0.406 e. The first-order chi connectivity index (χ1) is 6.33. The van der Waals surface area contributed by atoms with E-state index < -0.39 is 6.09 Å². The highest BCUT2D eigenvalue weighted by Crippen LogP contribution is 1.91. The molecule has 1 aromatic rings. The number of carbonyl (C=O) groups is 1. The minimum atomic E-state index is -0.405. The summed E-state index contributed by atoms with van der Waals surface area (Å²) in [5, 5.41) is 9.01. The standard InChI is InChI=1S/C7H12N4O2/c1-13-7(12)8-4-2-3-6-9-5-10-11-6/h5H,2-4H2,1H3,(H,8,12)(H,9,10,11). The van der Waals surface area contributed by atoms with Crippen LogP contribution in [0.3, 0.4) is 0 Å². The number of rotatable bonds is 4. The lowest BCUT2D eigenvalue weighted by molar-refractivity contribution is 0.171. The maximum Gasteiger partial charge on any atom is 0.406 e. The van der Waals surface area contributed by atoms with Crippen LogP contribution >= 0.6 is 0 Å². The summed E-state index contributed by atoms with van der Waals surface area (Å²) in [5.74, 6) is 0.826. The molecule has 1 aromatic heterocycles. The summed E-state index contributed by atoms with van der Waals surface area (Å²) < 4.78 is 4.40. The fourth-order valence-electron chi connectivity index (χ4n) is 0.870. The molecule has 1 amide bonds. The van der Waals surface area contributed by atoms with Gasteiger partial charge in [0.15, 0.2) is 0 Å². The van der Waals surface area contributed by atoms with Gasteiger partial charge in [0.1, 0.15) is 12.2 Å². The van der Waals surface area contributed by atoms with Crippen LogP contribution < -0.4 is 5.32 Å². The van der Waals surface area contributed by atoms with Gasteiger partial charge in [-0.15, -0.1) is 0 Å². The van der Waals surface area contributed by atoms with E-state index in [0.717, 1.165) is 18.7 Å². The second-order valence-corrected chi connectivity index (χ2v) is 2.45. The van der Waals surface area contributed by atoms with E-state index in [1.165, 1.54) is 13.4 Å². The number of carbonyl (C=O) groups excluding carboxylic acids is 1. The summed E-state index contributed by atoms with van der Waals surface area (Å²) in [6.45, 7) is 0.577. The number of hydrogen-bond acceptors (Lipinski definition) is 4. The normalized spacial score (nSPS) is 9.62. The highest BCUT2D eigenvalue weighted by atomic mass is 16.5. The van der Waals surface area contributed by atoms with Gasteiger partial charge in [0.25, 0.3) is 0 Å². The zero-order valence-corrected chi connectivity index (χ0v) is 7.41. The molecule has 0 saturated heterocycles. The largest absolute Gasteiger partial charge is 0.453 e. The van der Waals surface area contributed by atoms with Crippen LogP contribution in [0.5, 0.6) is 0 Å². The Kier molecular flexibility index (Phi) is 3.74. The van der Waals surface area contributed by atoms with E-state index in [1.807, 2.05) is 0 Å². The maximum atomic E-state index is 10.6. The molecule has 0 saturated carbocycles. The van der Waals surface area contributed by atoms with Crippen LogP contribution in [0.2, 0.25) is 0 Å². The van der Waals surface area contributed by atoms with Crippen LogP contribution in [0, 0.1) is 0 Å². The molecule has 0 bridgehead atoms. The Balaban J connectivity index is 2.05. The van der Waals surface area contributed by atoms with Gasteiger partial charge in [-0.3, -0.25) is 5.10 Å². The maximum absolute atomic E-state index is 10.6. The number of alkyl carbamates (subject to hydrolysis) is 1. The van der Waals surface area contributed by atoms with Crippen molar-refractivity contribution in [1.29, 1.82) is 0 Å². The van der Waals surface area contributed by atoms with E-state index in [9.17, 15) is 4.79 Å². The molecule has 0 aliphatic heterocycles. The van der Waals surface area contributed by atoms with Crippen LogP contribution in [-0.4, -0.2) is 34.9 Å². The number of amides is 1. The van der Waals surface area contributed by atoms with Gasteiger partial charge in [0.2, 0.25) is 0 Å². The number of aromatic nitrogens is 3. The number of nitrogens with zero attached hydrogens (tertiary/aromatic N) is 2. The molecule has 13 heavy (non-hydrogen) atoms. The average molecular weight is 184 g/mol. The first kappa shape index (κ1) is 9.50. The zero-order chi connectivity index (χ0) is 9.52. The van der Waals surface area contributed by atoms with Crippen molar-refractivity contribution in [3.63, 3.8) is 0 Å². The molecule has 6 nitrogen and oxygen atoms in total. The van der Waals surface area contributed by atoms with Gasteiger partial charge < -0.3 is 10.1 Å². The molecular weight excluding hydrogens is 172 g/mol. The molecule has 1 rings (SSSR count). The number of aryl methyl sites for hydroxylation is 1. The molecule has 2 N–H and O–H groups in total.